The van der Waals surface area contributed by atoms with E-state index in [2.05, 4.69) is 4.99 Å². The topological polar surface area (TPSA) is 38.7 Å². The van der Waals surface area contributed by atoms with Crippen LogP contribution in [-0.4, -0.2) is 11.9 Å². The second-order valence-corrected chi connectivity index (χ2v) is 6.94. The third-order valence-corrected chi connectivity index (χ3v) is 5.55. The molecule has 2 heterocycles. The van der Waals surface area contributed by atoms with Gasteiger partial charge in [0, 0.05) is 15.1 Å². The Morgan fingerprint density at radius 1 is 1.04 bits per heavy atom. The number of carbonyl (C=O) groups is 1. The lowest BCUT2D eigenvalue weighted by Crippen LogP contribution is -2.04. The molecule has 1 aromatic heterocycles. The average molecular weight is 374 g/mol. The van der Waals surface area contributed by atoms with E-state index in [4.69, 9.17) is 27.9 Å². The standard InChI is InChI=1S/C18H9Cl2NO2S/c19-12-7-3-1-5-10(12)9-13-18(22)23-17(21-13)16-15(20)11-6-2-4-8-14(11)24-16/h1-9H/b13-9-. The first kappa shape index (κ1) is 15.4. The molecule has 0 fully saturated rings. The van der Waals surface area contributed by atoms with E-state index in [-0.39, 0.29) is 11.6 Å². The lowest BCUT2D eigenvalue weighted by Gasteiger charge is -1.96. The zero-order valence-corrected chi connectivity index (χ0v) is 14.5. The Hall–Kier alpha value is -2.14. The van der Waals surface area contributed by atoms with Crippen molar-refractivity contribution < 1.29 is 9.53 Å². The van der Waals surface area contributed by atoms with Gasteiger partial charge in [-0.05, 0) is 23.8 Å². The zero-order valence-electron chi connectivity index (χ0n) is 12.1. The molecule has 24 heavy (non-hydrogen) atoms. The van der Waals surface area contributed by atoms with Crippen LogP contribution in [0.15, 0.2) is 59.2 Å². The van der Waals surface area contributed by atoms with E-state index in [1.54, 1.807) is 12.1 Å². The summed E-state index contributed by atoms with van der Waals surface area (Å²) < 4.78 is 6.32. The molecule has 0 saturated carbocycles. The van der Waals surface area contributed by atoms with Crippen LogP contribution in [0.4, 0.5) is 0 Å². The Labute approximate surface area is 151 Å². The van der Waals surface area contributed by atoms with Gasteiger partial charge in [-0.2, -0.15) is 0 Å². The van der Waals surface area contributed by atoms with E-state index >= 15 is 0 Å². The Balaban J connectivity index is 1.78. The molecule has 2 aromatic carbocycles. The first-order valence-electron chi connectivity index (χ1n) is 7.08. The van der Waals surface area contributed by atoms with Crippen molar-refractivity contribution in [3.8, 4) is 0 Å². The molecule has 6 heteroatoms. The Morgan fingerprint density at radius 3 is 2.58 bits per heavy atom. The van der Waals surface area contributed by atoms with Gasteiger partial charge in [0.1, 0.15) is 4.88 Å². The maximum absolute atomic E-state index is 12.1. The number of cyclic esters (lactones) is 1. The lowest BCUT2D eigenvalue weighted by atomic mass is 10.2. The van der Waals surface area contributed by atoms with Crippen LogP contribution in [-0.2, 0) is 9.53 Å². The average Bonchev–Trinajstić information content (AvgIpc) is 3.11. The summed E-state index contributed by atoms with van der Waals surface area (Å²) in [4.78, 5) is 17.1. The minimum absolute atomic E-state index is 0.201. The Kier molecular flexibility index (Phi) is 3.88. The van der Waals surface area contributed by atoms with E-state index in [0.29, 0.717) is 20.5 Å². The molecule has 1 aliphatic rings. The van der Waals surface area contributed by atoms with Gasteiger partial charge in [-0.15, -0.1) is 11.3 Å². The van der Waals surface area contributed by atoms with Crippen LogP contribution in [0.5, 0.6) is 0 Å². The van der Waals surface area contributed by atoms with Gasteiger partial charge < -0.3 is 4.74 Å². The van der Waals surface area contributed by atoms with Crippen molar-refractivity contribution in [1.29, 1.82) is 0 Å². The highest BCUT2D eigenvalue weighted by Crippen LogP contribution is 2.37. The number of aliphatic imine (C=N–C) groups is 1. The number of halogens is 2. The van der Waals surface area contributed by atoms with Gasteiger partial charge in [-0.3, -0.25) is 0 Å². The van der Waals surface area contributed by atoms with Crippen LogP contribution in [0.2, 0.25) is 10.0 Å². The molecule has 0 saturated heterocycles. The molecule has 4 rings (SSSR count). The summed E-state index contributed by atoms with van der Waals surface area (Å²) in [6, 6.07) is 15.0. The number of ether oxygens (including phenoxy) is 1. The van der Waals surface area contributed by atoms with Crippen LogP contribution in [0.1, 0.15) is 10.4 Å². The Morgan fingerprint density at radius 2 is 1.79 bits per heavy atom. The molecule has 0 unspecified atom stereocenters. The minimum Gasteiger partial charge on any atom is -0.401 e. The number of hydrogen-bond acceptors (Lipinski definition) is 4. The van der Waals surface area contributed by atoms with Crippen LogP contribution in [0.3, 0.4) is 0 Å². The number of rotatable bonds is 2. The zero-order chi connectivity index (χ0) is 16.7. The fourth-order valence-corrected chi connectivity index (χ4v) is 4.03. The van der Waals surface area contributed by atoms with Crippen molar-refractivity contribution in [2.45, 2.75) is 0 Å². The van der Waals surface area contributed by atoms with E-state index in [0.717, 1.165) is 10.1 Å². The van der Waals surface area contributed by atoms with E-state index < -0.39 is 5.97 Å². The molecule has 118 valence electrons. The SMILES string of the molecule is O=C1OC(c2sc3ccccc3c2Cl)=N/C1=C\c1ccccc1Cl. The molecule has 0 atom stereocenters. The highest BCUT2D eigenvalue weighted by molar-refractivity contribution is 7.21. The smallest absolute Gasteiger partial charge is 0.363 e. The number of hydrogen-bond donors (Lipinski definition) is 0. The second kappa shape index (κ2) is 6.06. The summed E-state index contributed by atoms with van der Waals surface area (Å²) >= 11 is 14.0. The summed E-state index contributed by atoms with van der Waals surface area (Å²) in [5.74, 6) is -0.289. The summed E-state index contributed by atoms with van der Waals surface area (Å²) in [5, 5.41) is 2.00. The molecule has 0 amide bonds. The maximum atomic E-state index is 12.1. The number of benzene rings is 2. The first-order valence-corrected chi connectivity index (χ1v) is 8.65. The predicted octanol–water partition coefficient (Wildman–Crippen LogP) is 5.55. The number of esters is 1. The summed E-state index contributed by atoms with van der Waals surface area (Å²) in [5.41, 5.74) is 0.908. The molecular weight excluding hydrogens is 365 g/mol. The van der Waals surface area contributed by atoms with Gasteiger partial charge in [0.15, 0.2) is 5.70 Å². The van der Waals surface area contributed by atoms with E-state index in [1.165, 1.54) is 11.3 Å². The first-order chi connectivity index (χ1) is 11.6. The van der Waals surface area contributed by atoms with Gasteiger partial charge in [0.05, 0.1) is 5.02 Å². The fourth-order valence-electron chi connectivity index (χ4n) is 2.40. The van der Waals surface area contributed by atoms with Crippen molar-refractivity contribution in [2.75, 3.05) is 0 Å². The lowest BCUT2D eigenvalue weighted by molar-refractivity contribution is -0.129. The number of thiophene rings is 1. The maximum Gasteiger partial charge on any atom is 0.363 e. The summed E-state index contributed by atoms with van der Waals surface area (Å²) in [6.45, 7) is 0. The van der Waals surface area contributed by atoms with E-state index in [9.17, 15) is 4.79 Å². The predicted molar refractivity (Wildman–Crippen MR) is 98.9 cm³/mol. The van der Waals surface area contributed by atoms with Gasteiger partial charge in [0.2, 0.25) is 5.90 Å². The third-order valence-electron chi connectivity index (χ3n) is 3.55. The van der Waals surface area contributed by atoms with Gasteiger partial charge >= 0.3 is 5.97 Å². The highest BCUT2D eigenvalue weighted by Gasteiger charge is 2.28. The molecule has 0 aliphatic carbocycles. The number of fused-ring (bicyclic) bond motifs is 1. The molecule has 0 N–H and O–H groups in total. The minimum atomic E-state index is -0.515. The molecule has 3 nitrogen and oxygen atoms in total. The van der Waals surface area contributed by atoms with Crippen LogP contribution >= 0.6 is 34.5 Å². The van der Waals surface area contributed by atoms with Crippen molar-refractivity contribution in [2.24, 2.45) is 4.99 Å². The van der Waals surface area contributed by atoms with Crippen LogP contribution in [0.25, 0.3) is 16.2 Å². The van der Waals surface area contributed by atoms with Gasteiger partial charge in [-0.1, -0.05) is 59.6 Å². The van der Waals surface area contributed by atoms with Crippen molar-refractivity contribution in [1.82, 2.24) is 0 Å². The summed E-state index contributed by atoms with van der Waals surface area (Å²) in [6.07, 6.45) is 1.61. The van der Waals surface area contributed by atoms with Crippen LogP contribution < -0.4 is 0 Å². The Bertz CT molecular complexity index is 1040. The van der Waals surface area contributed by atoms with Crippen molar-refractivity contribution in [3.63, 3.8) is 0 Å². The quantitative estimate of drug-likeness (QED) is 0.436. The highest BCUT2D eigenvalue weighted by atomic mass is 35.5. The van der Waals surface area contributed by atoms with Gasteiger partial charge in [0.25, 0.3) is 0 Å². The molecule has 0 bridgehead atoms. The van der Waals surface area contributed by atoms with Crippen molar-refractivity contribution >= 4 is 62.6 Å². The van der Waals surface area contributed by atoms with Crippen molar-refractivity contribution in [3.05, 3.63) is 74.7 Å². The normalized spacial score (nSPS) is 15.8. The molecule has 0 spiro atoms. The van der Waals surface area contributed by atoms with Crippen LogP contribution in [0, 0.1) is 0 Å². The second-order valence-electron chi connectivity index (χ2n) is 5.10. The largest absolute Gasteiger partial charge is 0.401 e. The van der Waals surface area contributed by atoms with E-state index in [1.807, 2.05) is 42.5 Å². The summed E-state index contributed by atoms with van der Waals surface area (Å²) in [7, 11) is 0. The monoisotopic (exact) mass is 373 g/mol. The number of nitrogens with zero attached hydrogens (tertiary/aromatic N) is 1. The number of carbonyl (C=O) groups excluding carboxylic acids is 1. The fraction of sp³-hybridized carbons (Fsp3) is 0. The third kappa shape index (κ3) is 2.63. The van der Waals surface area contributed by atoms with Gasteiger partial charge in [-0.25, -0.2) is 9.79 Å². The molecule has 1 aliphatic heterocycles. The molecular formula is C18H9Cl2NO2S. The molecule has 3 aromatic rings. The molecule has 0 radical (unpaired) electrons.